The Bertz CT molecular complexity index is 730. The molecule has 96 valence electrons. The fourth-order valence-corrected chi connectivity index (χ4v) is 2.26. The standard InChI is InChI=1S/C19H15N/c1-2-15-6-3-7-16(12-15)17-8-4-9-18(13-17)19-10-5-11-20-14-19/h2-14H,1H2. The molecule has 0 aliphatic heterocycles. The van der Waals surface area contributed by atoms with Gasteiger partial charge in [0.25, 0.3) is 0 Å². The summed E-state index contributed by atoms with van der Waals surface area (Å²) in [5.41, 5.74) is 5.85. The zero-order valence-corrected chi connectivity index (χ0v) is 11.2. The maximum absolute atomic E-state index is 4.18. The fraction of sp³-hybridized carbons (Fsp3) is 0. The van der Waals surface area contributed by atoms with Crippen molar-refractivity contribution in [3.05, 3.63) is 85.2 Å². The van der Waals surface area contributed by atoms with Gasteiger partial charge in [-0.1, -0.05) is 55.1 Å². The lowest BCUT2D eigenvalue weighted by Gasteiger charge is -2.06. The lowest BCUT2D eigenvalue weighted by atomic mass is 9.99. The molecule has 1 aromatic heterocycles. The van der Waals surface area contributed by atoms with Crippen molar-refractivity contribution < 1.29 is 0 Å². The third-order valence-electron chi connectivity index (χ3n) is 3.31. The van der Waals surface area contributed by atoms with Gasteiger partial charge in [-0.05, 0) is 40.5 Å². The molecular weight excluding hydrogens is 242 g/mol. The SMILES string of the molecule is C=Cc1cccc(-c2cccc(-c3cccnc3)c2)c1. The van der Waals surface area contributed by atoms with E-state index in [0.717, 1.165) is 11.1 Å². The minimum atomic E-state index is 1.13. The van der Waals surface area contributed by atoms with Gasteiger partial charge in [0.1, 0.15) is 0 Å². The van der Waals surface area contributed by atoms with E-state index >= 15 is 0 Å². The van der Waals surface area contributed by atoms with Gasteiger partial charge in [0, 0.05) is 18.0 Å². The molecule has 0 unspecified atom stereocenters. The highest BCUT2D eigenvalue weighted by atomic mass is 14.6. The summed E-state index contributed by atoms with van der Waals surface area (Å²) >= 11 is 0. The summed E-state index contributed by atoms with van der Waals surface area (Å²) in [7, 11) is 0. The van der Waals surface area contributed by atoms with E-state index in [0.29, 0.717) is 0 Å². The van der Waals surface area contributed by atoms with Gasteiger partial charge < -0.3 is 0 Å². The highest BCUT2D eigenvalue weighted by molar-refractivity contribution is 5.73. The minimum Gasteiger partial charge on any atom is -0.264 e. The number of benzene rings is 2. The molecule has 0 saturated carbocycles. The molecule has 0 N–H and O–H groups in total. The van der Waals surface area contributed by atoms with Crippen LogP contribution in [-0.2, 0) is 0 Å². The Morgan fingerprint density at radius 3 is 2.10 bits per heavy atom. The van der Waals surface area contributed by atoms with Crippen LogP contribution in [0.15, 0.2) is 79.6 Å². The molecule has 1 heteroatoms. The van der Waals surface area contributed by atoms with Crippen molar-refractivity contribution in [3.8, 4) is 22.3 Å². The van der Waals surface area contributed by atoms with Crippen molar-refractivity contribution in [2.24, 2.45) is 0 Å². The minimum absolute atomic E-state index is 1.13. The Morgan fingerprint density at radius 2 is 1.40 bits per heavy atom. The lowest BCUT2D eigenvalue weighted by Crippen LogP contribution is -1.83. The first kappa shape index (κ1) is 12.4. The van der Waals surface area contributed by atoms with Gasteiger partial charge in [-0.2, -0.15) is 0 Å². The average Bonchev–Trinajstić information content (AvgIpc) is 2.56. The van der Waals surface area contributed by atoms with E-state index in [1.807, 2.05) is 18.3 Å². The van der Waals surface area contributed by atoms with Crippen molar-refractivity contribution >= 4 is 6.08 Å². The Morgan fingerprint density at radius 1 is 0.750 bits per heavy atom. The first-order valence-electron chi connectivity index (χ1n) is 6.60. The third kappa shape index (κ3) is 2.52. The number of nitrogens with zero attached hydrogens (tertiary/aromatic N) is 1. The van der Waals surface area contributed by atoms with E-state index in [-0.39, 0.29) is 0 Å². The molecule has 2 aromatic carbocycles. The molecule has 0 aliphatic rings. The van der Waals surface area contributed by atoms with Crippen molar-refractivity contribution in [2.45, 2.75) is 0 Å². The average molecular weight is 257 g/mol. The molecule has 1 heterocycles. The van der Waals surface area contributed by atoms with Gasteiger partial charge >= 0.3 is 0 Å². The summed E-state index contributed by atoms with van der Waals surface area (Å²) in [4.78, 5) is 4.18. The van der Waals surface area contributed by atoms with Crippen molar-refractivity contribution in [1.82, 2.24) is 4.98 Å². The van der Waals surface area contributed by atoms with E-state index in [1.54, 1.807) is 6.20 Å². The van der Waals surface area contributed by atoms with E-state index in [9.17, 15) is 0 Å². The summed E-state index contributed by atoms with van der Waals surface area (Å²) in [6.07, 6.45) is 5.55. The highest BCUT2D eigenvalue weighted by Crippen LogP contribution is 2.26. The van der Waals surface area contributed by atoms with Crippen molar-refractivity contribution in [3.63, 3.8) is 0 Å². The Balaban J connectivity index is 2.05. The maximum atomic E-state index is 4.18. The summed E-state index contributed by atoms with van der Waals surface area (Å²) in [6, 6.07) is 20.9. The van der Waals surface area contributed by atoms with Crippen LogP contribution in [-0.4, -0.2) is 4.98 Å². The van der Waals surface area contributed by atoms with Gasteiger partial charge in [-0.3, -0.25) is 4.98 Å². The predicted octanol–water partition coefficient (Wildman–Crippen LogP) is 5.06. The Labute approximate surface area is 119 Å². The topological polar surface area (TPSA) is 12.9 Å². The van der Waals surface area contributed by atoms with Crippen molar-refractivity contribution in [1.29, 1.82) is 0 Å². The third-order valence-corrected chi connectivity index (χ3v) is 3.31. The van der Waals surface area contributed by atoms with Crippen LogP contribution in [0.1, 0.15) is 5.56 Å². The van der Waals surface area contributed by atoms with Gasteiger partial charge in [-0.25, -0.2) is 0 Å². The van der Waals surface area contributed by atoms with Crippen LogP contribution in [0.2, 0.25) is 0 Å². The molecule has 0 spiro atoms. The van der Waals surface area contributed by atoms with Gasteiger partial charge in [0.2, 0.25) is 0 Å². The molecular formula is C19H15N. The molecule has 20 heavy (non-hydrogen) atoms. The molecule has 0 amide bonds. The van der Waals surface area contributed by atoms with Crippen LogP contribution in [0.4, 0.5) is 0 Å². The molecule has 1 nitrogen and oxygen atoms in total. The number of hydrogen-bond donors (Lipinski definition) is 0. The van der Waals surface area contributed by atoms with E-state index < -0.39 is 0 Å². The monoisotopic (exact) mass is 257 g/mol. The Kier molecular flexibility index (Phi) is 3.42. The number of aromatic nitrogens is 1. The zero-order chi connectivity index (χ0) is 13.8. The molecule has 0 aliphatic carbocycles. The largest absolute Gasteiger partial charge is 0.264 e. The van der Waals surface area contributed by atoms with Gasteiger partial charge in [-0.15, -0.1) is 0 Å². The fourth-order valence-electron chi connectivity index (χ4n) is 2.26. The second-order valence-corrected chi connectivity index (χ2v) is 4.65. The number of pyridine rings is 1. The Hall–Kier alpha value is -2.67. The normalized spacial score (nSPS) is 10.2. The van der Waals surface area contributed by atoms with Crippen LogP contribution >= 0.6 is 0 Å². The highest BCUT2D eigenvalue weighted by Gasteiger charge is 2.02. The number of rotatable bonds is 3. The molecule has 0 fully saturated rings. The van der Waals surface area contributed by atoms with Crippen LogP contribution in [0.25, 0.3) is 28.3 Å². The first-order valence-corrected chi connectivity index (χ1v) is 6.60. The zero-order valence-electron chi connectivity index (χ0n) is 11.2. The summed E-state index contributed by atoms with van der Waals surface area (Å²) in [5.74, 6) is 0. The lowest BCUT2D eigenvalue weighted by molar-refractivity contribution is 1.33. The summed E-state index contributed by atoms with van der Waals surface area (Å²) < 4.78 is 0. The number of hydrogen-bond acceptors (Lipinski definition) is 1. The predicted molar refractivity (Wildman–Crippen MR) is 85.2 cm³/mol. The second kappa shape index (κ2) is 5.54. The molecule has 3 rings (SSSR count). The molecule has 0 atom stereocenters. The van der Waals surface area contributed by atoms with E-state index in [1.165, 1.54) is 16.7 Å². The molecule has 0 bridgehead atoms. The van der Waals surface area contributed by atoms with E-state index in [4.69, 9.17) is 0 Å². The van der Waals surface area contributed by atoms with E-state index in [2.05, 4.69) is 66.2 Å². The molecule has 3 aromatic rings. The quantitative estimate of drug-likeness (QED) is 0.639. The second-order valence-electron chi connectivity index (χ2n) is 4.65. The summed E-state index contributed by atoms with van der Waals surface area (Å²) in [5, 5.41) is 0. The van der Waals surface area contributed by atoms with Crippen LogP contribution in [0.3, 0.4) is 0 Å². The molecule has 0 radical (unpaired) electrons. The van der Waals surface area contributed by atoms with Gasteiger partial charge in [0.15, 0.2) is 0 Å². The van der Waals surface area contributed by atoms with Crippen LogP contribution < -0.4 is 0 Å². The maximum Gasteiger partial charge on any atom is 0.0346 e. The first-order chi connectivity index (χ1) is 9.86. The summed E-state index contributed by atoms with van der Waals surface area (Å²) in [6.45, 7) is 3.82. The van der Waals surface area contributed by atoms with Crippen molar-refractivity contribution in [2.75, 3.05) is 0 Å². The van der Waals surface area contributed by atoms with Crippen LogP contribution in [0.5, 0.6) is 0 Å². The van der Waals surface area contributed by atoms with Crippen LogP contribution in [0, 0.1) is 0 Å². The smallest absolute Gasteiger partial charge is 0.0346 e. The van der Waals surface area contributed by atoms with Gasteiger partial charge in [0.05, 0.1) is 0 Å². The molecule has 0 saturated heterocycles.